The predicted molar refractivity (Wildman–Crippen MR) is 79.1 cm³/mol. The van der Waals surface area contributed by atoms with Gasteiger partial charge in [-0.05, 0) is 37.8 Å². The van der Waals surface area contributed by atoms with Gasteiger partial charge in [-0.15, -0.1) is 0 Å². The predicted octanol–water partition coefficient (Wildman–Crippen LogP) is 2.98. The Bertz CT molecular complexity index is 641. The molecule has 0 aromatic carbocycles. The van der Waals surface area contributed by atoms with Gasteiger partial charge in [0.2, 0.25) is 0 Å². The van der Waals surface area contributed by atoms with E-state index in [-0.39, 0.29) is 11.7 Å². The number of hydrogen-bond donors (Lipinski definition) is 0. The molecule has 0 radical (unpaired) electrons. The molecule has 0 aliphatic carbocycles. The van der Waals surface area contributed by atoms with Crippen LogP contribution < -0.4 is 0 Å². The Morgan fingerprint density at radius 3 is 2.90 bits per heavy atom. The second-order valence-electron chi connectivity index (χ2n) is 5.78. The van der Waals surface area contributed by atoms with Crippen molar-refractivity contribution in [2.24, 2.45) is 5.92 Å². The second-order valence-corrected chi connectivity index (χ2v) is 7.39. The van der Waals surface area contributed by atoms with Gasteiger partial charge in [0, 0.05) is 22.6 Å². The van der Waals surface area contributed by atoms with Crippen LogP contribution in [0, 0.1) is 5.92 Å². The first-order chi connectivity index (χ1) is 9.81. The Kier molecular flexibility index (Phi) is 3.02. The maximum Gasteiger partial charge on any atom is 0.186 e. The number of carbonyl (C=O) groups excluding carboxylic acids is 1. The van der Waals surface area contributed by atoms with Gasteiger partial charge in [-0.1, -0.05) is 6.42 Å². The van der Waals surface area contributed by atoms with Crippen LogP contribution in [0.25, 0.3) is 5.65 Å². The third kappa shape index (κ3) is 2.04. The molecule has 2 atom stereocenters. The molecule has 2 unspecified atom stereocenters. The average Bonchev–Trinajstić information content (AvgIpc) is 2.90. The molecule has 2 aromatic heterocycles. The molecule has 0 spiro atoms. The molecular formula is C15H17N3OS. The molecule has 0 amide bonds. The summed E-state index contributed by atoms with van der Waals surface area (Å²) in [7, 11) is 0. The number of hydrogen-bond acceptors (Lipinski definition) is 4. The van der Waals surface area contributed by atoms with Crippen molar-refractivity contribution in [3.05, 3.63) is 30.2 Å². The van der Waals surface area contributed by atoms with E-state index < -0.39 is 0 Å². The zero-order valence-corrected chi connectivity index (χ0v) is 12.1. The molecule has 2 aromatic rings. The van der Waals surface area contributed by atoms with Crippen LogP contribution in [-0.2, 0) is 0 Å². The lowest BCUT2D eigenvalue weighted by molar-refractivity contribution is 0.0889. The topological polar surface area (TPSA) is 47.3 Å². The normalized spacial score (nSPS) is 29.5. The highest BCUT2D eigenvalue weighted by Gasteiger charge is 2.36. The minimum Gasteiger partial charge on any atom is -0.292 e. The van der Waals surface area contributed by atoms with Crippen molar-refractivity contribution in [3.63, 3.8) is 0 Å². The number of fused-ring (bicyclic) bond motifs is 3. The molecule has 104 valence electrons. The third-order valence-corrected chi connectivity index (χ3v) is 6.06. The van der Waals surface area contributed by atoms with E-state index in [1.54, 1.807) is 16.9 Å². The largest absolute Gasteiger partial charge is 0.292 e. The van der Waals surface area contributed by atoms with E-state index in [0.717, 1.165) is 18.5 Å². The van der Waals surface area contributed by atoms with Crippen molar-refractivity contribution in [2.75, 3.05) is 0 Å². The molecule has 4 heterocycles. The smallest absolute Gasteiger partial charge is 0.186 e. The Morgan fingerprint density at radius 2 is 2.10 bits per heavy atom. The average molecular weight is 287 g/mol. The summed E-state index contributed by atoms with van der Waals surface area (Å²) in [5, 5.41) is 5.63. The number of Topliss-reactive ketones (excluding diaryl/α,β-unsaturated/α-hetero) is 1. The second kappa shape index (κ2) is 4.88. The van der Waals surface area contributed by atoms with E-state index in [4.69, 9.17) is 0 Å². The number of rotatable bonds is 2. The van der Waals surface area contributed by atoms with Crippen molar-refractivity contribution < 1.29 is 4.79 Å². The molecule has 0 N–H and O–H groups in total. The lowest BCUT2D eigenvalue weighted by Crippen LogP contribution is -2.33. The fourth-order valence-corrected chi connectivity index (χ4v) is 5.32. The van der Waals surface area contributed by atoms with Gasteiger partial charge < -0.3 is 0 Å². The van der Waals surface area contributed by atoms with Gasteiger partial charge in [0.05, 0.1) is 6.20 Å². The summed E-state index contributed by atoms with van der Waals surface area (Å²) in [4.78, 5) is 17.1. The molecule has 5 heteroatoms. The highest BCUT2D eigenvalue weighted by Crippen LogP contribution is 2.44. The van der Waals surface area contributed by atoms with Crippen LogP contribution in [0.3, 0.4) is 0 Å². The summed E-state index contributed by atoms with van der Waals surface area (Å²) in [5.41, 5.74) is 1.40. The molecular weight excluding hydrogens is 270 g/mol. The summed E-state index contributed by atoms with van der Waals surface area (Å²) in [6.07, 6.45) is 9.33. The van der Waals surface area contributed by atoms with Crippen LogP contribution in [0.1, 0.15) is 42.6 Å². The van der Waals surface area contributed by atoms with Gasteiger partial charge in [-0.3, -0.25) is 4.79 Å². The number of nitrogens with zero attached hydrogens (tertiary/aromatic N) is 3. The van der Waals surface area contributed by atoms with Crippen LogP contribution in [0.5, 0.6) is 0 Å². The Labute approximate surface area is 122 Å². The Balaban J connectivity index is 1.63. The monoisotopic (exact) mass is 287 g/mol. The molecule has 2 fully saturated rings. The molecule has 2 aliphatic rings. The quantitative estimate of drug-likeness (QED) is 0.797. The van der Waals surface area contributed by atoms with Gasteiger partial charge in [0.1, 0.15) is 5.69 Å². The number of aromatic nitrogens is 3. The summed E-state index contributed by atoms with van der Waals surface area (Å²) < 4.78 is 1.68. The van der Waals surface area contributed by atoms with Gasteiger partial charge in [-0.25, -0.2) is 9.50 Å². The van der Waals surface area contributed by atoms with Crippen LogP contribution >= 0.6 is 11.8 Å². The first kappa shape index (κ1) is 12.4. The number of imidazole rings is 1. The fourth-order valence-electron chi connectivity index (χ4n) is 3.48. The van der Waals surface area contributed by atoms with E-state index in [1.165, 1.54) is 19.3 Å². The molecule has 2 aliphatic heterocycles. The summed E-state index contributed by atoms with van der Waals surface area (Å²) in [6, 6.07) is 3.73. The molecule has 4 nitrogen and oxygen atoms in total. The maximum atomic E-state index is 12.8. The Hall–Kier alpha value is -1.36. The molecule has 2 saturated heterocycles. The molecule has 2 bridgehead atoms. The van der Waals surface area contributed by atoms with Crippen LogP contribution in [0.2, 0.25) is 0 Å². The zero-order valence-electron chi connectivity index (χ0n) is 11.2. The minimum atomic E-state index is 0.161. The highest BCUT2D eigenvalue weighted by atomic mass is 32.2. The van der Waals surface area contributed by atoms with Gasteiger partial charge >= 0.3 is 0 Å². The fraction of sp³-hybridized carbons (Fsp3) is 0.533. The van der Waals surface area contributed by atoms with Crippen molar-refractivity contribution >= 4 is 23.2 Å². The van der Waals surface area contributed by atoms with Crippen LogP contribution in [0.15, 0.2) is 24.5 Å². The highest BCUT2D eigenvalue weighted by molar-refractivity contribution is 8.00. The molecule has 4 rings (SSSR count). The van der Waals surface area contributed by atoms with E-state index in [9.17, 15) is 4.79 Å². The van der Waals surface area contributed by atoms with E-state index in [2.05, 4.69) is 21.8 Å². The SMILES string of the molecule is O=C(c1cnc2cccnn12)C1CC2CCCC(C1)S2. The minimum absolute atomic E-state index is 0.161. The van der Waals surface area contributed by atoms with Gasteiger partial charge in [-0.2, -0.15) is 16.9 Å². The first-order valence-electron chi connectivity index (χ1n) is 7.29. The van der Waals surface area contributed by atoms with E-state index in [1.807, 2.05) is 12.1 Å². The summed E-state index contributed by atoms with van der Waals surface area (Å²) in [6.45, 7) is 0. The summed E-state index contributed by atoms with van der Waals surface area (Å²) in [5.74, 6) is 0.391. The number of carbonyl (C=O) groups is 1. The maximum absolute atomic E-state index is 12.8. The lowest BCUT2D eigenvalue weighted by atomic mass is 9.86. The van der Waals surface area contributed by atoms with Crippen LogP contribution in [0.4, 0.5) is 0 Å². The number of thioether (sulfide) groups is 1. The first-order valence-corrected chi connectivity index (χ1v) is 8.24. The molecule has 20 heavy (non-hydrogen) atoms. The van der Waals surface area contributed by atoms with Gasteiger partial charge in [0.15, 0.2) is 11.4 Å². The van der Waals surface area contributed by atoms with Crippen molar-refractivity contribution in [1.82, 2.24) is 14.6 Å². The van der Waals surface area contributed by atoms with Crippen LogP contribution in [-0.4, -0.2) is 30.9 Å². The standard InChI is InChI=1S/C15H17N3OS/c19-15(10-7-11-3-1-4-12(8-10)20-11)13-9-16-14-5-2-6-17-18(13)14/h2,5-6,9-12H,1,3-4,7-8H2. The number of ketones is 1. The Morgan fingerprint density at radius 1 is 1.30 bits per heavy atom. The lowest BCUT2D eigenvalue weighted by Gasteiger charge is -2.37. The van der Waals surface area contributed by atoms with Crippen molar-refractivity contribution in [2.45, 2.75) is 42.6 Å². The summed E-state index contributed by atoms with van der Waals surface area (Å²) >= 11 is 2.10. The van der Waals surface area contributed by atoms with E-state index in [0.29, 0.717) is 16.2 Å². The van der Waals surface area contributed by atoms with Crippen molar-refractivity contribution in [1.29, 1.82) is 0 Å². The van der Waals surface area contributed by atoms with Gasteiger partial charge in [0.25, 0.3) is 0 Å². The molecule has 0 saturated carbocycles. The van der Waals surface area contributed by atoms with Crippen molar-refractivity contribution in [3.8, 4) is 0 Å². The van der Waals surface area contributed by atoms with E-state index >= 15 is 0 Å². The zero-order chi connectivity index (χ0) is 13.5. The third-order valence-electron chi connectivity index (χ3n) is 4.43.